The number of Topliss-reactive ketones (excluding diaryl/α,β-unsaturated/α-hetero) is 1. The molecule has 106 valence electrons. The van der Waals surface area contributed by atoms with Crippen LogP contribution in [0.2, 0.25) is 0 Å². The summed E-state index contributed by atoms with van der Waals surface area (Å²) in [7, 11) is 0. The van der Waals surface area contributed by atoms with Crippen molar-refractivity contribution in [3.8, 4) is 0 Å². The molecule has 2 heterocycles. The number of likely N-dealkylation sites (tertiary alicyclic amines) is 2. The highest BCUT2D eigenvalue weighted by Crippen LogP contribution is 2.18. The minimum atomic E-state index is -0.908. The second kappa shape index (κ2) is 6.14. The van der Waals surface area contributed by atoms with Crippen LogP contribution >= 0.6 is 0 Å². The number of amides is 1. The van der Waals surface area contributed by atoms with E-state index in [-0.39, 0.29) is 11.7 Å². The van der Waals surface area contributed by atoms with E-state index in [2.05, 4.69) is 4.90 Å². The summed E-state index contributed by atoms with van der Waals surface area (Å²) < 4.78 is 0. The van der Waals surface area contributed by atoms with E-state index < -0.39 is 12.0 Å². The molecule has 1 atom stereocenters. The van der Waals surface area contributed by atoms with Crippen molar-refractivity contribution < 1.29 is 19.5 Å². The summed E-state index contributed by atoms with van der Waals surface area (Å²) in [5.41, 5.74) is 0. The van der Waals surface area contributed by atoms with Gasteiger partial charge in [-0.1, -0.05) is 0 Å². The Morgan fingerprint density at radius 1 is 1.21 bits per heavy atom. The Morgan fingerprint density at radius 2 is 1.89 bits per heavy atom. The van der Waals surface area contributed by atoms with Crippen molar-refractivity contribution >= 4 is 17.7 Å². The van der Waals surface area contributed by atoms with Gasteiger partial charge in [-0.25, -0.2) is 4.79 Å². The molecule has 2 aliphatic rings. The summed E-state index contributed by atoms with van der Waals surface area (Å²) in [6.07, 6.45) is 2.80. The molecule has 2 rings (SSSR count). The SMILES string of the molecule is O=C1CCN(CCC(=O)N2CCCC2C(=O)O)CC1. The first kappa shape index (κ1) is 14.0. The van der Waals surface area contributed by atoms with E-state index in [1.807, 2.05) is 0 Å². The van der Waals surface area contributed by atoms with E-state index in [1.165, 1.54) is 4.90 Å². The van der Waals surface area contributed by atoms with Gasteiger partial charge in [0, 0.05) is 45.4 Å². The first-order valence-electron chi connectivity index (χ1n) is 6.84. The standard InChI is InChI=1S/C13H20N2O4/c16-10-3-7-14(8-4-10)9-5-12(17)15-6-1-2-11(15)13(18)19/h11H,1-9H2,(H,18,19). The van der Waals surface area contributed by atoms with E-state index in [4.69, 9.17) is 5.11 Å². The lowest BCUT2D eigenvalue weighted by Gasteiger charge is -2.27. The highest BCUT2D eigenvalue weighted by molar-refractivity contribution is 5.84. The summed E-state index contributed by atoms with van der Waals surface area (Å²) in [6, 6.07) is -0.643. The highest BCUT2D eigenvalue weighted by atomic mass is 16.4. The number of carbonyl (C=O) groups is 3. The number of aliphatic carboxylic acids is 1. The van der Waals surface area contributed by atoms with Gasteiger partial charge in [-0.15, -0.1) is 0 Å². The fourth-order valence-electron chi connectivity index (χ4n) is 2.75. The molecule has 0 saturated carbocycles. The normalized spacial score (nSPS) is 24.7. The number of hydrogen-bond donors (Lipinski definition) is 1. The molecular weight excluding hydrogens is 248 g/mol. The molecule has 0 spiro atoms. The summed E-state index contributed by atoms with van der Waals surface area (Å²) in [4.78, 5) is 37.7. The van der Waals surface area contributed by atoms with Crippen molar-refractivity contribution in [3.05, 3.63) is 0 Å². The van der Waals surface area contributed by atoms with Gasteiger partial charge in [0.25, 0.3) is 0 Å². The molecule has 1 amide bonds. The number of carboxylic acid groups (broad SMARTS) is 1. The predicted octanol–water partition coefficient (Wildman–Crippen LogP) is 0.117. The van der Waals surface area contributed by atoms with E-state index in [9.17, 15) is 14.4 Å². The second-order valence-corrected chi connectivity index (χ2v) is 5.21. The number of hydrogen-bond acceptors (Lipinski definition) is 4. The predicted molar refractivity (Wildman–Crippen MR) is 67.7 cm³/mol. The first-order valence-corrected chi connectivity index (χ1v) is 6.84. The molecule has 0 aromatic carbocycles. The van der Waals surface area contributed by atoms with Gasteiger partial charge in [-0.2, -0.15) is 0 Å². The van der Waals surface area contributed by atoms with Crippen LogP contribution in [0.25, 0.3) is 0 Å². The van der Waals surface area contributed by atoms with Gasteiger partial charge in [0.05, 0.1) is 0 Å². The van der Waals surface area contributed by atoms with Crippen LogP contribution in [-0.2, 0) is 14.4 Å². The van der Waals surface area contributed by atoms with Crippen LogP contribution in [0.5, 0.6) is 0 Å². The number of carboxylic acids is 1. The molecule has 1 unspecified atom stereocenters. The maximum absolute atomic E-state index is 12.0. The van der Waals surface area contributed by atoms with E-state index >= 15 is 0 Å². The van der Waals surface area contributed by atoms with E-state index in [1.54, 1.807) is 0 Å². The largest absolute Gasteiger partial charge is 0.480 e. The molecule has 0 radical (unpaired) electrons. The van der Waals surface area contributed by atoms with Gasteiger partial charge in [-0.3, -0.25) is 9.59 Å². The molecule has 0 aromatic heterocycles. The highest BCUT2D eigenvalue weighted by Gasteiger charge is 2.33. The third-order valence-corrected chi connectivity index (χ3v) is 3.91. The fourth-order valence-corrected chi connectivity index (χ4v) is 2.75. The van der Waals surface area contributed by atoms with Crippen LogP contribution < -0.4 is 0 Å². The van der Waals surface area contributed by atoms with Gasteiger partial charge < -0.3 is 14.9 Å². The lowest BCUT2D eigenvalue weighted by molar-refractivity contribution is -0.148. The smallest absolute Gasteiger partial charge is 0.326 e. The zero-order chi connectivity index (χ0) is 13.8. The molecule has 2 saturated heterocycles. The third-order valence-electron chi connectivity index (χ3n) is 3.91. The summed E-state index contributed by atoms with van der Waals surface area (Å²) in [5.74, 6) is -0.704. The molecule has 2 fully saturated rings. The summed E-state index contributed by atoms with van der Waals surface area (Å²) in [6.45, 7) is 2.60. The average Bonchev–Trinajstić information content (AvgIpc) is 2.87. The fraction of sp³-hybridized carbons (Fsp3) is 0.769. The van der Waals surface area contributed by atoms with Crippen LogP contribution in [0.4, 0.5) is 0 Å². The third kappa shape index (κ3) is 3.53. The second-order valence-electron chi connectivity index (χ2n) is 5.21. The zero-order valence-electron chi connectivity index (χ0n) is 11.0. The quantitative estimate of drug-likeness (QED) is 0.783. The van der Waals surface area contributed by atoms with Crippen LogP contribution in [0, 0.1) is 0 Å². The first-order chi connectivity index (χ1) is 9.08. The van der Waals surface area contributed by atoms with Crippen molar-refractivity contribution in [3.63, 3.8) is 0 Å². The minimum Gasteiger partial charge on any atom is -0.480 e. The number of ketones is 1. The molecule has 0 aliphatic carbocycles. The number of carbonyl (C=O) groups excluding carboxylic acids is 2. The molecular formula is C13H20N2O4. The monoisotopic (exact) mass is 268 g/mol. The average molecular weight is 268 g/mol. The Bertz CT molecular complexity index is 373. The number of piperidine rings is 1. The van der Waals surface area contributed by atoms with Crippen molar-refractivity contribution in [2.24, 2.45) is 0 Å². The molecule has 2 aliphatic heterocycles. The van der Waals surface area contributed by atoms with Crippen molar-refractivity contribution in [1.82, 2.24) is 9.80 Å². The van der Waals surface area contributed by atoms with Crippen LogP contribution in [0.15, 0.2) is 0 Å². The maximum atomic E-state index is 12.0. The summed E-state index contributed by atoms with van der Waals surface area (Å²) >= 11 is 0. The maximum Gasteiger partial charge on any atom is 0.326 e. The Morgan fingerprint density at radius 3 is 2.53 bits per heavy atom. The lowest BCUT2D eigenvalue weighted by Crippen LogP contribution is -2.42. The summed E-state index contributed by atoms with van der Waals surface area (Å²) in [5, 5.41) is 9.04. The molecule has 1 N–H and O–H groups in total. The van der Waals surface area contributed by atoms with Crippen LogP contribution in [0.3, 0.4) is 0 Å². The molecule has 19 heavy (non-hydrogen) atoms. The van der Waals surface area contributed by atoms with Gasteiger partial charge in [0.15, 0.2) is 0 Å². The number of nitrogens with zero attached hydrogens (tertiary/aromatic N) is 2. The van der Waals surface area contributed by atoms with Crippen molar-refractivity contribution in [2.75, 3.05) is 26.2 Å². The van der Waals surface area contributed by atoms with Crippen molar-refractivity contribution in [1.29, 1.82) is 0 Å². The van der Waals surface area contributed by atoms with E-state index in [0.717, 1.165) is 6.42 Å². The Balaban J connectivity index is 1.78. The lowest BCUT2D eigenvalue weighted by atomic mass is 10.1. The Hall–Kier alpha value is -1.43. The Labute approximate surface area is 112 Å². The van der Waals surface area contributed by atoms with Crippen LogP contribution in [-0.4, -0.2) is 64.8 Å². The molecule has 0 aromatic rings. The topological polar surface area (TPSA) is 77.9 Å². The minimum absolute atomic E-state index is 0.0817. The zero-order valence-corrected chi connectivity index (χ0v) is 11.0. The van der Waals surface area contributed by atoms with E-state index in [0.29, 0.717) is 51.9 Å². The van der Waals surface area contributed by atoms with Crippen LogP contribution in [0.1, 0.15) is 32.1 Å². The molecule has 6 heteroatoms. The van der Waals surface area contributed by atoms with Crippen molar-refractivity contribution in [2.45, 2.75) is 38.1 Å². The molecule has 6 nitrogen and oxygen atoms in total. The van der Waals surface area contributed by atoms with Gasteiger partial charge in [0.1, 0.15) is 11.8 Å². The number of rotatable bonds is 4. The van der Waals surface area contributed by atoms with Gasteiger partial charge in [-0.05, 0) is 12.8 Å². The van der Waals surface area contributed by atoms with Gasteiger partial charge in [0.2, 0.25) is 5.91 Å². The molecule has 0 bridgehead atoms. The van der Waals surface area contributed by atoms with Gasteiger partial charge >= 0.3 is 5.97 Å². The Kier molecular flexibility index (Phi) is 4.52.